The average Bonchev–Trinajstić information content (AvgIpc) is 3.83. The van der Waals surface area contributed by atoms with Gasteiger partial charge in [0.05, 0.1) is 40.0 Å². The minimum atomic E-state index is -1.58. The lowest BCUT2D eigenvalue weighted by Crippen LogP contribution is -2.65. The molecule has 6 aromatic rings. The predicted octanol–water partition coefficient (Wildman–Crippen LogP) is 6.11. The number of carbonyl (C=O) groups is 6. The molecule has 10 unspecified atom stereocenters. The first-order chi connectivity index (χ1) is 35.7. The average molecular weight is 1040 g/mol. The molecule has 4 aliphatic heterocycles. The van der Waals surface area contributed by atoms with Crippen LogP contribution in [-0.2, 0) is 18.9 Å². The van der Waals surface area contributed by atoms with Crippen molar-refractivity contribution < 1.29 is 68.1 Å². The molecule has 0 bridgehead atoms. The zero-order chi connectivity index (χ0) is 52.2. The number of fused-ring (bicyclic) bond motifs is 2. The summed E-state index contributed by atoms with van der Waals surface area (Å²) in [4.78, 5) is 83.1. The fourth-order valence-corrected chi connectivity index (χ4v) is 11.4. The van der Waals surface area contributed by atoms with Crippen molar-refractivity contribution in [3.8, 4) is 0 Å². The molecule has 380 valence electrons. The Hall–Kier alpha value is -7.00. The highest BCUT2D eigenvalue weighted by Crippen LogP contribution is 2.42. The number of benzene rings is 6. The van der Waals surface area contributed by atoms with E-state index in [1.807, 2.05) is 62.4 Å². The minimum absolute atomic E-state index is 0.197. The maximum atomic E-state index is 13.8. The van der Waals surface area contributed by atoms with Gasteiger partial charge in [-0.1, -0.05) is 120 Å². The summed E-state index contributed by atoms with van der Waals surface area (Å²) in [5.74, 6) is -3.66. The second-order valence-electron chi connectivity index (χ2n) is 17.8. The Labute approximate surface area is 433 Å². The zero-order valence-corrected chi connectivity index (χ0v) is 41.4. The topological polar surface area (TPSA) is 227 Å². The summed E-state index contributed by atoms with van der Waals surface area (Å²) < 4.78 is 23.7. The highest BCUT2D eigenvalue weighted by molar-refractivity contribution is 8.00. The third kappa shape index (κ3) is 10.7. The van der Waals surface area contributed by atoms with Gasteiger partial charge in [-0.05, 0) is 86.6 Å². The van der Waals surface area contributed by atoms with Gasteiger partial charge in [-0.25, -0.2) is 9.59 Å². The Kier molecular flexibility index (Phi) is 15.9. The Morgan fingerprint density at radius 3 is 1.34 bits per heavy atom. The molecule has 2 fully saturated rings. The van der Waals surface area contributed by atoms with Gasteiger partial charge in [-0.3, -0.25) is 29.0 Å². The smallest absolute Gasteiger partial charge is 0.338 e. The number of rotatable bonds is 12. The largest absolute Gasteiger partial charge is 0.459 e. The first kappa shape index (κ1) is 51.9. The maximum Gasteiger partial charge on any atom is 0.338 e. The molecule has 16 nitrogen and oxygen atoms in total. The molecule has 4 aliphatic rings. The number of nitrogens with zero attached hydrogens (tertiary/aromatic N) is 2. The SMILES string of the molecule is Cc1ccc(SC2OC(CO)C(O)C(O)C2N2C(=O)c3ccccc3C2=O)cc1.Cc1ccc(SC2OC(COC(=O)c3ccccc3)C(O)C(OC(=O)c3ccccc3)C2N2C(=O)c3ccccc3C2=O)cc1. The second-order valence-corrected chi connectivity index (χ2v) is 20.2. The van der Waals surface area contributed by atoms with Crippen LogP contribution < -0.4 is 0 Å². The van der Waals surface area contributed by atoms with Gasteiger partial charge >= 0.3 is 11.9 Å². The molecule has 10 rings (SSSR count). The first-order valence-electron chi connectivity index (χ1n) is 23.6. The Bertz CT molecular complexity index is 2970. The van der Waals surface area contributed by atoms with E-state index in [9.17, 15) is 49.2 Å². The number of imide groups is 2. The van der Waals surface area contributed by atoms with Crippen molar-refractivity contribution in [1.29, 1.82) is 0 Å². The summed E-state index contributed by atoms with van der Waals surface area (Å²) in [5, 5.41) is 42.4. The number of carbonyl (C=O) groups excluding carboxylic acids is 6. The molecule has 0 saturated carbocycles. The molecule has 2 saturated heterocycles. The second kappa shape index (κ2) is 22.6. The number of hydrogen-bond acceptors (Lipinski definition) is 16. The predicted molar refractivity (Wildman–Crippen MR) is 270 cm³/mol. The summed E-state index contributed by atoms with van der Waals surface area (Å²) in [6.07, 6.45) is -8.11. The fraction of sp³-hybridized carbons (Fsp3) is 0.250. The third-order valence-electron chi connectivity index (χ3n) is 12.9. The van der Waals surface area contributed by atoms with Gasteiger partial charge < -0.3 is 39.4 Å². The van der Waals surface area contributed by atoms with Gasteiger partial charge in [0.25, 0.3) is 23.6 Å². The van der Waals surface area contributed by atoms with Gasteiger partial charge in [0.1, 0.15) is 60.1 Å². The van der Waals surface area contributed by atoms with Crippen LogP contribution in [0.2, 0.25) is 0 Å². The molecule has 4 N–H and O–H groups in total. The van der Waals surface area contributed by atoms with E-state index >= 15 is 0 Å². The van der Waals surface area contributed by atoms with Crippen molar-refractivity contribution in [1.82, 2.24) is 9.80 Å². The lowest BCUT2D eigenvalue weighted by atomic mass is 9.96. The van der Waals surface area contributed by atoms with E-state index in [-0.39, 0.29) is 34.4 Å². The van der Waals surface area contributed by atoms with Crippen LogP contribution in [-0.4, -0.2) is 139 Å². The number of aliphatic hydroxyl groups excluding tert-OH is 4. The van der Waals surface area contributed by atoms with E-state index < -0.39 is 102 Å². The van der Waals surface area contributed by atoms with E-state index in [0.29, 0.717) is 5.56 Å². The molecule has 0 aromatic heterocycles. The number of aliphatic hydroxyl groups is 4. The summed E-state index contributed by atoms with van der Waals surface area (Å²) >= 11 is 2.43. The summed E-state index contributed by atoms with van der Waals surface area (Å²) in [5.41, 5.74) is 1.63. The van der Waals surface area contributed by atoms with E-state index in [1.165, 1.54) is 23.5 Å². The van der Waals surface area contributed by atoms with E-state index in [1.54, 1.807) is 109 Å². The molecule has 18 heteroatoms. The Morgan fingerprint density at radius 2 is 0.892 bits per heavy atom. The van der Waals surface area contributed by atoms with Gasteiger partial charge in [0.15, 0.2) is 6.10 Å². The number of amides is 4. The van der Waals surface area contributed by atoms with Crippen molar-refractivity contribution in [2.24, 2.45) is 0 Å². The molecule has 4 amide bonds. The van der Waals surface area contributed by atoms with E-state index in [2.05, 4.69) is 0 Å². The Balaban J connectivity index is 0.000000200. The number of ether oxygens (including phenoxy) is 4. The van der Waals surface area contributed by atoms with Gasteiger partial charge in [0.2, 0.25) is 0 Å². The van der Waals surface area contributed by atoms with Gasteiger partial charge in [0, 0.05) is 9.79 Å². The molecular weight excluding hydrogens is 989 g/mol. The molecule has 6 aromatic carbocycles. The van der Waals surface area contributed by atoms with Crippen LogP contribution in [0.3, 0.4) is 0 Å². The quantitative estimate of drug-likeness (QED) is 0.0801. The van der Waals surface area contributed by atoms with E-state index in [0.717, 1.165) is 30.7 Å². The molecule has 0 aliphatic carbocycles. The summed E-state index contributed by atoms with van der Waals surface area (Å²) in [6, 6.07) is 42.1. The first-order valence-corrected chi connectivity index (χ1v) is 25.3. The standard InChI is InChI=1S/C35H29NO8S.C21H21NO6S/c1-21-16-18-24(19-17-21)45-35-28(36-31(38)25-14-8-9-15-26(25)32(36)39)30(44-34(41)23-12-6-3-7-13-23)29(37)27(43-35)20-42-33(40)22-10-4-2-5-11-22;1-11-6-8-12(9-7-11)29-21-16(18(25)17(24)15(10-23)28-21)22-19(26)13-4-2-3-5-14(13)20(22)27/h2-19,27-30,35,37H,20H2,1H3;2-9,15-18,21,23-25H,10H2,1H3. The lowest BCUT2D eigenvalue weighted by Gasteiger charge is -2.46. The monoisotopic (exact) mass is 1040 g/mol. The molecule has 74 heavy (non-hydrogen) atoms. The van der Waals surface area contributed by atoms with Crippen LogP contribution in [0, 0.1) is 13.8 Å². The third-order valence-corrected chi connectivity index (χ3v) is 15.3. The van der Waals surface area contributed by atoms with Crippen molar-refractivity contribution in [2.45, 2.75) is 83.2 Å². The zero-order valence-electron chi connectivity index (χ0n) is 39.8. The summed E-state index contributed by atoms with van der Waals surface area (Å²) in [6.45, 7) is 3.01. The number of esters is 2. The van der Waals surface area contributed by atoms with Gasteiger partial charge in [-0.2, -0.15) is 0 Å². The van der Waals surface area contributed by atoms with Crippen molar-refractivity contribution in [2.75, 3.05) is 13.2 Å². The number of thioether (sulfide) groups is 2. The Morgan fingerprint density at radius 1 is 0.500 bits per heavy atom. The molecule has 10 atom stereocenters. The van der Waals surface area contributed by atoms with Crippen molar-refractivity contribution >= 4 is 59.1 Å². The highest BCUT2D eigenvalue weighted by atomic mass is 32.2. The van der Waals surface area contributed by atoms with Crippen molar-refractivity contribution in [3.63, 3.8) is 0 Å². The fourth-order valence-electron chi connectivity index (χ4n) is 9.02. The van der Waals surface area contributed by atoms with Crippen LogP contribution in [0.15, 0.2) is 168 Å². The highest BCUT2D eigenvalue weighted by Gasteiger charge is 2.56. The normalized spacial score (nSPS) is 25.2. The maximum absolute atomic E-state index is 13.8. The van der Waals surface area contributed by atoms with Crippen LogP contribution in [0.5, 0.6) is 0 Å². The van der Waals surface area contributed by atoms with Crippen LogP contribution >= 0.6 is 23.5 Å². The summed E-state index contributed by atoms with van der Waals surface area (Å²) in [7, 11) is 0. The van der Waals surface area contributed by atoms with Crippen LogP contribution in [0.25, 0.3) is 0 Å². The van der Waals surface area contributed by atoms with Crippen LogP contribution in [0.1, 0.15) is 73.3 Å². The number of aryl methyl sites for hydroxylation is 2. The minimum Gasteiger partial charge on any atom is -0.459 e. The molecule has 4 heterocycles. The van der Waals surface area contributed by atoms with Crippen molar-refractivity contribution in [3.05, 3.63) is 202 Å². The number of hydrogen-bond donors (Lipinski definition) is 4. The van der Waals surface area contributed by atoms with Crippen LogP contribution in [0.4, 0.5) is 0 Å². The molecular formula is C56H50N2O14S2. The lowest BCUT2D eigenvalue weighted by molar-refractivity contribution is -0.183. The molecule has 0 spiro atoms. The van der Waals surface area contributed by atoms with E-state index in [4.69, 9.17) is 18.9 Å². The van der Waals surface area contributed by atoms with Gasteiger partial charge in [-0.15, -0.1) is 0 Å². The molecule has 0 radical (unpaired) electrons.